The summed E-state index contributed by atoms with van der Waals surface area (Å²) in [7, 11) is -3.06. The van der Waals surface area contributed by atoms with Gasteiger partial charge >= 0.3 is 0 Å². The molecule has 0 N–H and O–H groups in total. The maximum atomic E-state index is 12.5. The van der Waals surface area contributed by atoms with Crippen LogP contribution in [0, 0.1) is 6.92 Å². The second-order valence-electron chi connectivity index (χ2n) is 7.28. The van der Waals surface area contributed by atoms with Crippen LogP contribution in [0.5, 0.6) is 0 Å². The fraction of sp³-hybridized carbons (Fsp3) is 0.333. The highest BCUT2D eigenvalue weighted by atomic mass is 32.2. The van der Waals surface area contributed by atoms with Gasteiger partial charge in [-0.2, -0.15) is 4.99 Å². The molecule has 4 rings (SSSR count). The van der Waals surface area contributed by atoms with Crippen LogP contribution in [0.15, 0.2) is 59.6 Å². The van der Waals surface area contributed by atoms with Crippen molar-refractivity contribution in [3.05, 3.63) is 65.7 Å². The molecule has 0 saturated carbocycles. The van der Waals surface area contributed by atoms with E-state index >= 15 is 0 Å². The van der Waals surface area contributed by atoms with Crippen LogP contribution >= 0.6 is 11.8 Å². The lowest BCUT2D eigenvalue weighted by Gasteiger charge is -2.24. The summed E-state index contributed by atoms with van der Waals surface area (Å²) >= 11 is 1.42. The maximum absolute atomic E-state index is 12.5. The van der Waals surface area contributed by atoms with Crippen molar-refractivity contribution in [1.82, 2.24) is 0 Å². The molecule has 28 heavy (non-hydrogen) atoms. The molecule has 0 spiro atoms. The van der Waals surface area contributed by atoms with Gasteiger partial charge in [0.2, 0.25) is 5.91 Å². The molecule has 2 aliphatic rings. The van der Waals surface area contributed by atoms with Gasteiger partial charge in [0.1, 0.15) is 0 Å². The fourth-order valence-corrected chi connectivity index (χ4v) is 7.63. The van der Waals surface area contributed by atoms with Crippen LogP contribution in [0.1, 0.15) is 17.5 Å². The standard InChI is InChI=1S/C21H22N2O3S2/c1-15-6-5-9-17(12-15)23-18-13-28(25,26)14-19(18)27-21(23)22-20(24)11-10-16-7-3-2-4-8-16/h2-9,12,18-19H,10-11,13-14H2,1H3/t18-,19-/m0/s1. The molecule has 5 nitrogen and oxygen atoms in total. The van der Waals surface area contributed by atoms with Gasteiger partial charge in [-0.3, -0.25) is 4.79 Å². The fourth-order valence-electron chi connectivity index (χ4n) is 3.70. The molecule has 146 valence electrons. The lowest BCUT2D eigenvalue weighted by Crippen LogP contribution is -2.37. The van der Waals surface area contributed by atoms with Crippen LogP contribution in [0.4, 0.5) is 5.69 Å². The molecule has 2 saturated heterocycles. The zero-order chi connectivity index (χ0) is 19.7. The highest BCUT2D eigenvalue weighted by Crippen LogP contribution is 2.41. The van der Waals surface area contributed by atoms with Gasteiger partial charge in [0.05, 0.1) is 17.5 Å². The summed E-state index contributed by atoms with van der Waals surface area (Å²) in [6.45, 7) is 2.00. The molecular formula is C21H22N2O3S2. The number of hydrogen-bond donors (Lipinski definition) is 0. The number of amides is 1. The van der Waals surface area contributed by atoms with Crippen molar-refractivity contribution in [2.75, 3.05) is 16.4 Å². The lowest BCUT2D eigenvalue weighted by molar-refractivity contribution is -0.117. The summed E-state index contributed by atoms with van der Waals surface area (Å²) in [5.74, 6) is 0.0735. The Morgan fingerprint density at radius 2 is 1.93 bits per heavy atom. The topological polar surface area (TPSA) is 66.8 Å². The zero-order valence-electron chi connectivity index (χ0n) is 15.6. The Labute approximate surface area is 169 Å². The van der Waals surface area contributed by atoms with E-state index in [4.69, 9.17) is 0 Å². The van der Waals surface area contributed by atoms with Gasteiger partial charge in [0, 0.05) is 17.4 Å². The van der Waals surface area contributed by atoms with Crippen molar-refractivity contribution in [3.63, 3.8) is 0 Å². The third-order valence-electron chi connectivity index (χ3n) is 5.04. The SMILES string of the molecule is Cc1cccc(N2C(=NC(=O)CCc3ccccc3)S[C@H]3CS(=O)(=O)C[C@@H]32)c1. The van der Waals surface area contributed by atoms with Gasteiger partial charge in [-0.25, -0.2) is 8.42 Å². The number of carbonyl (C=O) groups excluding carboxylic acids is 1. The Kier molecular flexibility index (Phi) is 5.29. The van der Waals surface area contributed by atoms with Crippen molar-refractivity contribution < 1.29 is 13.2 Å². The minimum atomic E-state index is -3.06. The number of amidine groups is 1. The van der Waals surface area contributed by atoms with Gasteiger partial charge in [-0.1, -0.05) is 54.2 Å². The minimum Gasteiger partial charge on any atom is -0.316 e. The van der Waals surface area contributed by atoms with E-state index in [-0.39, 0.29) is 28.7 Å². The Morgan fingerprint density at radius 3 is 2.68 bits per heavy atom. The number of sulfone groups is 1. The second kappa shape index (κ2) is 7.72. The number of anilines is 1. The third kappa shape index (κ3) is 4.15. The average Bonchev–Trinajstić information content (AvgIpc) is 3.11. The minimum absolute atomic E-state index is 0.0776. The summed E-state index contributed by atoms with van der Waals surface area (Å²) in [6, 6.07) is 17.6. The number of aryl methyl sites for hydroxylation is 2. The predicted molar refractivity (Wildman–Crippen MR) is 115 cm³/mol. The molecule has 2 aromatic rings. The van der Waals surface area contributed by atoms with E-state index in [1.807, 2.05) is 66.4 Å². The number of rotatable bonds is 4. The van der Waals surface area contributed by atoms with E-state index in [1.54, 1.807) is 0 Å². The highest BCUT2D eigenvalue weighted by molar-refractivity contribution is 8.16. The highest BCUT2D eigenvalue weighted by Gasteiger charge is 2.49. The van der Waals surface area contributed by atoms with Crippen LogP contribution in [0.2, 0.25) is 0 Å². The Balaban J connectivity index is 1.58. The maximum Gasteiger partial charge on any atom is 0.248 e. The van der Waals surface area contributed by atoms with E-state index in [2.05, 4.69) is 4.99 Å². The Bertz CT molecular complexity index is 1020. The van der Waals surface area contributed by atoms with Crippen molar-refractivity contribution in [1.29, 1.82) is 0 Å². The van der Waals surface area contributed by atoms with Crippen molar-refractivity contribution in [2.45, 2.75) is 31.1 Å². The molecule has 7 heteroatoms. The van der Waals surface area contributed by atoms with Crippen LogP contribution in [0.3, 0.4) is 0 Å². The molecule has 0 aliphatic carbocycles. The first kappa shape index (κ1) is 19.2. The zero-order valence-corrected chi connectivity index (χ0v) is 17.2. The predicted octanol–water partition coefficient (Wildman–Crippen LogP) is 3.23. The smallest absolute Gasteiger partial charge is 0.248 e. The van der Waals surface area contributed by atoms with Gasteiger partial charge in [-0.15, -0.1) is 0 Å². The van der Waals surface area contributed by atoms with E-state index in [9.17, 15) is 13.2 Å². The summed E-state index contributed by atoms with van der Waals surface area (Å²) < 4.78 is 24.3. The number of carbonyl (C=O) groups is 1. The van der Waals surface area contributed by atoms with Gasteiger partial charge in [0.25, 0.3) is 0 Å². The van der Waals surface area contributed by atoms with Crippen LogP contribution < -0.4 is 4.90 Å². The van der Waals surface area contributed by atoms with E-state index < -0.39 is 9.84 Å². The third-order valence-corrected chi connectivity index (χ3v) is 8.25. The lowest BCUT2D eigenvalue weighted by atomic mass is 10.1. The second-order valence-corrected chi connectivity index (χ2v) is 10.6. The number of fused-ring (bicyclic) bond motifs is 1. The molecule has 2 heterocycles. The van der Waals surface area contributed by atoms with Crippen LogP contribution in [0.25, 0.3) is 0 Å². The van der Waals surface area contributed by atoms with Gasteiger partial charge in [0.15, 0.2) is 15.0 Å². The Hall–Kier alpha value is -2.12. The van der Waals surface area contributed by atoms with E-state index in [1.165, 1.54) is 11.8 Å². The number of aliphatic imine (C=N–C) groups is 1. The molecule has 0 bridgehead atoms. The first-order valence-electron chi connectivity index (χ1n) is 9.30. The summed E-state index contributed by atoms with van der Waals surface area (Å²) in [5, 5.41) is 0.541. The van der Waals surface area contributed by atoms with Gasteiger partial charge in [-0.05, 0) is 36.6 Å². The van der Waals surface area contributed by atoms with Crippen molar-refractivity contribution >= 4 is 38.4 Å². The molecule has 2 aromatic carbocycles. The summed E-state index contributed by atoms with van der Waals surface area (Å²) in [4.78, 5) is 18.8. The molecule has 2 fully saturated rings. The molecule has 2 atom stereocenters. The monoisotopic (exact) mass is 414 g/mol. The average molecular weight is 415 g/mol. The van der Waals surface area contributed by atoms with Crippen LogP contribution in [-0.4, -0.2) is 42.3 Å². The number of hydrogen-bond acceptors (Lipinski definition) is 4. The first-order valence-corrected chi connectivity index (χ1v) is 12.0. The number of nitrogens with zero attached hydrogens (tertiary/aromatic N) is 2. The summed E-state index contributed by atoms with van der Waals surface area (Å²) in [6.07, 6.45) is 0.982. The van der Waals surface area contributed by atoms with Gasteiger partial charge < -0.3 is 4.90 Å². The van der Waals surface area contributed by atoms with E-state index in [0.29, 0.717) is 18.0 Å². The quantitative estimate of drug-likeness (QED) is 0.768. The molecule has 1 amide bonds. The van der Waals surface area contributed by atoms with Crippen molar-refractivity contribution in [2.24, 2.45) is 4.99 Å². The first-order chi connectivity index (χ1) is 13.4. The molecule has 2 aliphatic heterocycles. The number of benzene rings is 2. The van der Waals surface area contributed by atoms with Crippen molar-refractivity contribution in [3.8, 4) is 0 Å². The number of thioether (sulfide) groups is 1. The molecule has 0 aromatic heterocycles. The van der Waals surface area contributed by atoms with E-state index in [0.717, 1.165) is 16.8 Å². The molecular weight excluding hydrogens is 392 g/mol. The van der Waals surface area contributed by atoms with Crippen LogP contribution in [-0.2, 0) is 21.1 Å². The molecule has 0 unspecified atom stereocenters. The summed E-state index contributed by atoms with van der Waals surface area (Å²) in [5.41, 5.74) is 3.09. The largest absolute Gasteiger partial charge is 0.316 e. The normalized spacial score (nSPS) is 24.5. The Morgan fingerprint density at radius 1 is 1.14 bits per heavy atom. The molecule has 0 radical (unpaired) electrons.